The summed E-state index contributed by atoms with van der Waals surface area (Å²) in [6.07, 6.45) is 0.351. The number of amides is 1. The van der Waals surface area contributed by atoms with Gasteiger partial charge >= 0.3 is 5.97 Å². The number of carbonyl (C=O) groups is 2. The summed E-state index contributed by atoms with van der Waals surface area (Å²) in [6.45, 7) is -0.349. The number of non-ortho nitro benzene ring substituents is 1. The maximum atomic E-state index is 11.9. The highest BCUT2D eigenvalue weighted by molar-refractivity contribution is 8.93. The second-order valence-electron chi connectivity index (χ2n) is 5.24. The third-order valence-corrected chi connectivity index (χ3v) is 3.32. The number of carbonyl (C=O) groups excluding carboxylic acids is 2. The molecule has 1 atom stereocenters. The molecule has 0 saturated carbocycles. The Kier molecular flexibility index (Phi) is 8.40. The molecular weight excluding hydrogens is 406 g/mol. The Morgan fingerprint density at radius 2 is 1.73 bits per heavy atom. The number of hydrogen-bond acceptors (Lipinski definition) is 6. The first kappa shape index (κ1) is 21.3. The number of nitrogens with one attached hydrogen (secondary N) is 1. The Hall–Kier alpha value is -2.78. The van der Waals surface area contributed by atoms with Gasteiger partial charge in [-0.05, 0) is 24.1 Å². The largest absolute Gasteiger partial charge is 0.425 e. The lowest BCUT2D eigenvalue weighted by Gasteiger charge is -2.12. The fourth-order valence-corrected chi connectivity index (χ4v) is 2.05. The molecule has 0 heterocycles. The monoisotopic (exact) mass is 423 g/mol. The molecule has 0 aliphatic carbocycles. The Balaban J connectivity index is 0.00000338. The number of nitro benzene ring substituents is 1. The Morgan fingerprint density at radius 3 is 2.31 bits per heavy atom. The number of nitro groups is 1. The van der Waals surface area contributed by atoms with Gasteiger partial charge in [-0.2, -0.15) is 0 Å². The van der Waals surface area contributed by atoms with Gasteiger partial charge in [0.15, 0.2) is 0 Å². The lowest BCUT2D eigenvalue weighted by molar-refractivity contribution is -0.384. The minimum Gasteiger partial charge on any atom is -0.425 e. The molecule has 0 bridgehead atoms. The number of halogens is 1. The van der Waals surface area contributed by atoms with Crippen LogP contribution in [0.3, 0.4) is 0 Å². The predicted octanol–water partition coefficient (Wildman–Crippen LogP) is 1.76. The van der Waals surface area contributed by atoms with E-state index >= 15 is 0 Å². The number of ether oxygens (including phenoxy) is 1. The van der Waals surface area contributed by atoms with Crippen molar-refractivity contribution in [1.29, 1.82) is 0 Å². The SMILES string of the molecule is Br.NC(Cc1ccccc1)C(=O)NCC(=O)Oc1ccc([N+](=O)[O-])cc1. The summed E-state index contributed by atoms with van der Waals surface area (Å²) in [5, 5.41) is 13.0. The van der Waals surface area contributed by atoms with E-state index in [0.29, 0.717) is 6.42 Å². The normalized spacial score (nSPS) is 11.0. The van der Waals surface area contributed by atoms with Crippen molar-refractivity contribution in [1.82, 2.24) is 5.32 Å². The highest BCUT2D eigenvalue weighted by Gasteiger charge is 2.16. The lowest BCUT2D eigenvalue weighted by Crippen LogP contribution is -2.44. The van der Waals surface area contributed by atoms with Crippen molar-refractivity contribution in [2.45, 2.75) is 12.5 Å². The van der Waals surface area contributed by atoms with E-state index in [0.717, 1.165) is 5.56 Å². The molecule has 3 N–H and O–H groups in total. The van der Waals surface area contributed by atoms with E-state index in [9.17, 15) is 19.7 Å². The van der Waals surface area contributed by atoms with Gasteiger partial charge < -0.3 is 15.8 Å². The fraction of sp³-hybridized carbons (Fsp3) is 0.176. The minimum absolute atomic E-state index is 0. The molecule has 0 spiro atoms. The van der Waals surface area contributed by atoms with Gasteiger partial charge in [0, 0.05) is 12.1 Å². The van der Waals surface area contributed by atoms with E-state index < -0.39 is 22.8 Å². The van der Waals surface area contributed by atoms with Gasteiger partial charge in [0.25, 0.3) is 5.69 Å². The maximum absolute atomic E-state index is 11.9. The first-order chi connectivity index (χ1) is 12.0. The van der Waals surface area contributed by atoms with Crippen molar-refractivity contribution in [3.8, 4) is 5.75 Å². The van der Waals surface area contributed by atoms with Crippen LogP contribution in [0.1, 0.15) is 5.56 Å². The average Bonchev–Trinajstić information content (AvgIpc) is 2.61. The van der Waals surface area contributed by atoms with Crippen molar-refractivity contribution in [3.63, 3.8) is 0 Å². The van der Waals surface area contributed by atoms with E-state index in [1.165, 1.54) is 24.3 Å². The van der Waals surface area contributed by atoms with Gasteiger partial charge in [-0.1, -0.05) is 30.3 Å². The Bertz CT molecular complexity index is 753. The molecule has 9 heteroatoms. The second kappa shape index (κ2) is 10.3. The summed E-state index contributed by atoms with van der Waals surface area (Å²) in [6, 6.07) is 13.5. The second-order valence-corrected chi connectivity index (χ2v) is 5.24. The zero-order valence-corrected chi connectivity index (χ0v) is 15.4. The van der Waals surface area contributed by atoms with E-state index in [1.54, 1.807) is 0 Å². The molecule has 2 rings (SSSR count). The zero-order valence-electron chi connectivity index (χ0n) is 13.7. The summed E-state index contributed by atoms with van der Waals surface area (Å²) < 4.78 is 4.98. The van der Waals surface area contributed by atoms with Crippen LogP contribution in [0.2, 0.25) is 0 Å². The topological polar surface area (TPSA) is 125 Å². The van der Waals surface area contributed by atoms with E-state index in [4.69, 9.17) is 10.5 Å². The van der Waals surface area contributed by atoms with Crippen molar-refractivity contribution in [3.05, 3.63) is 70.3 Å². The lowest BCUT2D eigenvalue weighted by atomic mass is 10.1. The van der Waals surface area contributed by atoms with Crippen molar-refractivity contribution >= 4 is 34.5 Å². The summed E-state index contributed by atoms with van der Waals surface area (Å²) in [4.78, 5) is 33.6. The smallest absolute Gasteiger partial charge is 0.330 e. The van der Waals surface area contributed by atoms with Gasteiger partial charge in [-0.25, -0.2) is 4.79 Å². The maximum Gasteiger partial charge on any atom is 0.330 e. The summed E-state index contributed by atoms with van der Waals surface area (Å²) in [7, 11) is 0. The summed E-state index contributed by atoms with van der Waals surface area (Å²) >= 11 is 0. The molecule has 138 valence electrons. The molecule has 0 radical (unpaired) electrons. The van der Waals surface area contributed by atoms with Crippen molar-refractivity contribution in [2.24, 2.45) is 5.73 Å². The molecule has 0 saturated heterocycles. The van der Waals surface area contributed by atoms with Crippen LogP contribution < -0.4 is 15.8 Å². The zero-order chi connectivity index (χ0) is 18.2. The third-order valence-electron chi connectivity index (χ3n) is 3.32. The number of nitrogens with zero attached hydrogens (tertiary/aromatic N) is 1. The summed E-state index contributed by atoms with van der Waals surface area (Å²) in [5.41, 5.74) is 6.61. The van der Waals surface area contributed by atoms with Gasteiger partial charge in [0.1, 0.15) is 12.3 Å². The van der Waals surface area contributed by atoms with E-state index in [1.807, 2.05) is 30.3 Å². The highest BCUT2D eigenvalue weighted by Crippen LogP contribution is 2.17. The highest BCUT2D eigenvalue weighted by atomic mass is 79.9. The predicted molar refractivity (Wildman–Crippen MR) is 100 cm³/mol. The molecular formula is C17H18BrN3O5. The molecule has 1 amide bonds. The number of benzene rings is 2. The van der Waals surface area contributed by atoms with Crippen LogP contribution in [0.4, 0.5) is 5.69 Å². The Morgan fingerprint density at radius 1 is 1.12 bits per heavy atom. The fourth-order valence-electron chi connectivity index (χ4n) is 2.05. The van der Waals surface area contributed by atoms with Crippen LogP contribution in [0.5, 0.6) is 5.75 Å². The average molecular weight is 424 g/mol. The molecule has 1 unspecified atom stereocenters. The molecule has 2 aromatic carbocycles. The Labute approximate surface area is 160 Å². The van der Waals surface area contributed by atoms with Crippen molar-refractivity contribution < 1.29 is 19.2 Å². The summed E-state index contributed by atoms with van der Waals surface area (Å²) in [5.74, 6) is -1.02. The quantitative estimate of drug-likeness (QED) is 0.302. The molecule has 26 heavy (non-hydrogen) atoms. The molecule has 0 aliphatic heterocycles. The van der Waals surface area contributed by atoms with Crippen LogP contribution in [0.25, 0.3) is 0 Å². The number of nitrogens with two attached hydrogens (primary N) is 1. The molecule has 2 aromatic rings. The van der Waals surface area contributed by atoms with Crippen molar-refractivity contribution in [2.75, 3.05) is 6.54 Å². The van der Waals surface area contributed by atoms with Gasteiger partial charge in [0.2, 0.25) is 5.91 Å². The molecule has 8 nitrogen and oxygen atoms in total. The third kappa shape index (κ3) is 6.61. The standard InChI is InChI=1S/C17H17N3O5.BrH/c18-15(10-12-4-2-1-3-5-12)17(22)19-11-16(21)25-14-8-6-13(7-9-14)20(23)24;/h1-9,15H,10-11,18H2,(H,19,22);1H. The van der Waals surface area contributed by atoms with E-state index in [2.05, 4.69) is 5.32 Å². The van der Waals surface area contributed by atoms with Crippen LogP contribution in [-0.2, 0) is 16.0 Å². The number of hydrogen-bond donors (Lipinski definition) is 2. The minimum atomic E-state index is -0.783. The number of esters is 1. The molecule has 0 aliphatic rings. The number of rotatable bonds is 7. The van der Waals surface area contributed by atoms with Gasteiger partial charge in [-0.3, -0.25) is 14.9 Å². The van der Waals surface area contributed by atoms with Crippen LogP contribution in [0.15, 0.2) is 54.6 Å². The molecule has 0 fully saturated rings. The first-order valence-corrected chi connectivity index (χ1v) is 7.48. The molecule has 0 aromatic heterocycles. The van der Waals surface area contributed by atoms with Crippen LogP contribution >= 0.6 is 17.0 Å². The van der Waals surface area contributed by atoms with Crippen LogP contribution in [0, 0.1) is 10.1 Å². The van der Waals surface area contributed by atoms with Gasteiger partial charge in [-0.15, -0.1) is 17.0 Å². The first-order valence-electron chi connectivity index (χ1n) is 7.48. The van der Waals surface area contributed by atoms with E-state index in [-0.39, 0.29) is 35.0 Å². The van der Waals surface area contributed by atoms with Gasteiger partial charge in [0.05, 0.1) is 11.0 Å². The van der Waals surface area contributed by atoms with Crippen LogP contribution in [-0.4, -0.2) is 29.4 Å².